The van der Waals surface area contributed by atoms with Crippen LogP contribution in [-0.2, 0) is 108 Å². The van der Waals surface area contributed by atoms with Crippen LogP contribution < -0.4 is 0 Å². The van der Waals surface area contributed by atoms with Gasteiger partial charge in [-0.2, -0.15) is 0 Å². The van der Waals surface area contributed by atoms with Gasteiger partial charge in [-0.25, -0.2) is 0 Å². The fraction of sp³-hybridized carbons (Fsp3) is 0.714. The summed E-state index contributed by atoms with van der Waals surface area (Å²) in [6.07, 6.45) is 0. The Bertz CT molecular complexity index is 110. The van der Waals surface area contributed by atoms with Crippen LogP contribution in [0.2, 0.25) is 0 Å². The van der Waals surface area contributed by atoms with E-state index < -0.39 is 5.97 Å². The van der Waals surface area contributed by atoms with Crippen LogP contribution >= 0.6 is 0 Å². The predicted octanol–water partition coefficient (Wildman–Crippen LogP) is 1.40. The van der Waals surface area contributed by atoms with Gasteiger partial charge in [-0.3, -0.25) is 11.7 Å². The molecule has 0 bridgehead atoms. The van der Waals surface area contributed by atoms with Gasteiger partial charge in [0.05, 0.1) is 6.61 Å². The maximum Gasteiger partial charge on any atom is 0.164 e. The summed E-state index contributed by atoms with van der Waals surface area (Å²) in [5.74, 6) is -0.454. The zero-order valence-electron chi connectivity index (χ0n) is 7.96. The van der Waals surface area contributed by atoms with Crippen molar-refractivity contribution in [3.8, 4) is 0 Å². The van der Waals surface area contributed by atoms with Crippen LogP contribution in [-0.4, -0.2) is 12.6 Å². The van der Waals surface area contributed by atoms with E-state index in [9.17, 15) is 4.79 Å². The Labute approximate surface area is 150 Å². The molecule has 0 saturated carbocycles. The number of esters is 1. The van der Waals surface area contributed by atoms with Crippen molar-refractivity contribution < 1.29 is 108 Å². The quantitative estimate of drug-likeness (QED) is 0.495. The Morgan fingerprint density at radius 3 is 1.67 bits per heavy atom. The van der Waals surface area contributed by atoms with Crippen molar-refractivity contribution in [3.05, 3.63) is 6.92 Å². The number of hydrogen-bond acceptors (Lipinski definition) is 2. The third-order valence-corrected chi connectivity index (χ3v) is 0.666. The Kier molecular flexibility index (Phi) is 23.5. The van der Waals surface area contributed by atoms with Gasteiger partial charge in [-0.1, -0.05) is 20.8 Å². The van der Waals surface area contributed by atoms with E-state index in [1.54, 1.807) is 0 Å². The molecule has 0 aromatic carbocycles. The first-order valence-corrected chi connectivity index (χ1v) is 2.90. The van der Waals surface area contributed by atoms with Crippen molar-refractivity contribution in [2.24, 2.45) is 5.41 Å². The summed E-state index contributed by atoms with van der Waals surface area (Å²) in [5.41, 5.74) is 0.0490. The molecule has 0 saturated heterocycles. The van der Waals surface area contributed by atoms with Gasteiger partial charge in [-0.05, 0) is 5.41 Å². The fourth-order valence-electron chi connectivity index (χ4n) is 0.297. The molecular weight excluding hydrogens is 383 g/mol. The molecule has 3 radical (unpaired) electrons. The zero-order chi connectivity index (χ0) is 7.49. The van der Waals surface area contributed by atoms with Crippen LogP contribution in [0, 0.1) is 12.3 Å². The van der Waals surface area contributed by atoms with Crippen molar-refractivity contribution in [1.82, 2.24) is 0 Å². The third kappa shape index (κ3) is 22.9. The van der Waals surface area contributed by atoms with Crippen LogP contribution in [0.25, 0.3) is 0 Å². The first-order valence-electron chi connectivity index (χ1n) is 2.90. The fourth-order valence-corrected chi connectivity index (χ4v) is 0.297. The van der Waals surface area contributed by atoms with Crippen molar-refractivity contribution in [1.29, 1.82) is 0 Å². The molecule has 63 valence electrons. The molecule has 5 heteroatoms. The molecule has 0 unspecified atom stereocenters. The van der Waals surface area contributed by atoms with Crippen molar-refractivity contribution >= 4 is 5.97 Å². The minimum absolute atomic E-state index is 0. The van der Waals surface area contributed by atoms with E-state index >= 15 is 0 Å². The first kappa shape index (κ1) is 24.1. The molecule has 0 atom stereocenters. The van der Waals surface area contributed by atoms with Crippen molar-refractivity contribution in [2.75, 3.05) is 6.61 Å². The zero-order valence-corrected chi connectivity index (χ0v) is 16.5. The van der Waals surface area contributed by atoms with E-state index in [0.29, 0.717) is 6.61 Å². The SMILES string of the molecule is [CH2-]C(=O)OCC(C)(C)C.[Y].[Y].[Y]. The molecule has 0 rings (SSSR count). The second kappa shape index (κ2) is 11.7. The van der Waals surface area contributed by atoms with E-state index in [1.165, 1.54) is 0 Å². The molecule has 0 aromatic heterocycles. The molecule has 0 amide bonds. The van der Waals surface area contributed by atoms with Crippen LogP contribution in [0.1, 0.15) is 20.8 Å². The molecular formula is C7H13O2Y3-. The summed E-state index contributed by atoms with van der Waals surface area (Å²) >= 11 is 0. The smallest absolute Gasteiger partial charge is 0.164 e. The minimum atomic E-state index is -0.454. The van der Waals surface area contributed by atoms with Crippen molar-refractivity contribution in [2.45, 2.75) is 20.8 Å². The summed E-state index contributed by atoms with van der Waals surface area (Å²) < 4.78 is 4.66. The average molecular weight is 396 g/mol. The van der Waals surface area contributed by atoms with Gasteiger partial charge < -0.3 is 4.74 Å². The molecule has 2 nitrogen and oxygen atoms in total. The van der Waals surface area contributed by atoms with Gasteiger partial charge in [0.2, 0.25) is 0 Å². The van der Waals surface area contributed by atoms with Crippen molar-refractivity contribution in [3.63, 3.8) is 0 Å². The number of hydrogen-bond donors (Lipinski definition) is 0. The van der Waals surface area contributed by atoms with Gasteiger partial charge in [0.15, 0.2) is 5.97 Å². The number of rotatable bonds is 1. The van der Waals surface area contributed by atoms with Gasteiger partial charge in [0.25, 0.3) is 0 Å². The molecule has 0 heterocycles. The monoisotopic (exact) mass is 396 g/mol. The molecule has 0 N–H and O–H groups in total. The minimum Gasteiger partial charge on any atom is -0.488 e. The van der Waals surface area contributed by atoms with E-state index in [1.807, 2.05) is 20.8 Å². The Morgan fingerprint density at radius 2 is 1.58 bits per heavy atom. The molecule has 0 aliphatic carbocycles. The summed E-state index contributed by atoms with van der Waals surface area (Å²) in [4.78, 5) is 10.2. The Hall–Kier alpha value is 2.65. The molecule has 12 heavy (non-hydrogen) atoms. The maximum absolute atomic E-state index is 10.2. The van der Waals surface area contributed by atoms with Crippen LogP contribution in [0.15, 0.2) is 0 Å². The standard InChI is InChI=1S/C7H13O2.3Y/c1-6(8)9-5-7(2,3)4;;;/h1,5H2,2-4H3;;;/q-1;;;. The molecule has 0 fully saturated rings. The summed E-state index contributed by atoms with van der Waals surface area (Å²) in [7, 11) is 0. The number of ether oxygens (including phenoxy) is 1. The molecule has 0 aromatic rings. The summed E-state index contributed by atoms with van der Waals surface area (Å²) in [5, 5.41) is 0. The van der Waals surface area contributed by atoms with Gasteiger partial charge in [0.1, 0.15) is 0 Å². The van der Waals surface area contributed by atoms with Crippen LogP contribution in [0.3, 0.4) is 0 Å². The van der Waals surface area contributed by atoms with Gasteiger partial charge in [-0.15, -0.1) is 0 Å². The van der Waals surface area contributed by atoms with Crippen LogP contribution in [0.4, 0.5) is 0 Å². The first-order chi connectivity index (χ1) is 3.92. The van der Waals surface area contributed by atoms with Gasteiger partial charge >= 0.3 is 0 Å². The molecule has 0 spiro atoms. The summed E-state index contributed by atoms with van der Waals surface area (Å²) in [6, 6.07) is 0. The number of carbonyl (C=O) groups excluding carboxylic acids is 1. The van der Waals surface area contributed by atoms with E-state index in [4.69, 9.17) is 0 Å². The number of carbonyl (C=O) groups is 1. The topological polar surface area (TPSA) is 26.3 Å². The Morgan fingerprint density at radius 1 is 1.25 bits per heavy atom. The molecule has 0 aliphatic rings. The molecule has 0 aliphatic heterocycles. The average Bonchev–Trinajstić information content (AvgIpc) is 1.59. The maximum atomic E-state index is 10.2. The largest absolute Gasteiger partial charge is 0.488 e. The van der Waals surface area contributed by atoms with E-state index in [0.717, 1.165) is 0 Å². The van der Waals surface area contributed by atoms with E-state index in [2.05, 4.69) is 11.7 Å². The summed E-state index contributed by atoms with van der Waals surface area (Å²) in [6.45, 7) is 9.51. The second-order valence-corrected chi connectivity index (χ2v) is 3.22. The Balaban J connectivity index is -0.000000107. The third-order valence-electron chi connectivity index (χ3n) is 0.666. The van der Waals surface area contributed by atoms with Crippen LogP contribution in [0.5, 0.6) is 0 Å². The normalized spacial score (nSPS) is 8.25. The van der Waals surface area contributed by atoms with Gasteiger partial charge in [0, 0.05) is 98.1 Å². The van der Waals surface area contributed by atoms with E-state index in [-0.39, 0.29) is 104 Å². The predicted molar refractivity (Wildman–Crippen MR) is 35.8 cm³/mol. The second-order valence-electron chi connectivity index (χ2n) is 3.22.